The molecule has 0 bridgehead atoms. The van der Waals surface area contributed by atoms with Crippen LogP contribution in [0.4, 0.5) is 5.95 Å². The Morgan fingerprint density at radius 1 is 1.22 bits per heavy atom. The van der Waals surface area contributed by atoms with Crippen LogP contribution >= 0.6 is 11.6 Å². The van der Waals surface area contributed by atoms with E-state index in [1.54, 1.807) is 0 Å². The third-order valence-corrected chi connectivity index (χ3v) is 2.97. The maximum absolute atomic E-state index is 6.02. The average molecular weight is 266 g/mol. The van der Waals surface area contributed by atoms with Gasteiger partial charge in [0.15, 0.2) is 17.4 Å². The van der Waals surface area contributed by atoms with E-state index in [2.05, 4.69) is 9.97 Å². The molecule has 0 fully saturated rings. The molecule has 2 heterocycles. The third kappa shape index (κ3) is 1.97. The first kappa shape index (κ1) is 11.2. The maximum Gasteiger partial charge on any atom is 0.199 e. The van der Waals surface area contributed by atoms with E-state index in [9.17, 15) is 0 Å². The number of hydrogen-bond acceptors (Lipinski definition) is 4. The molecule has 1 aliphatic heterocycles. The zero-order valence-corrected chi connectivity index (χ0v) is 10.3. The summed E-state index contributed by atoms with van der Waals surface area (Å²) in [5, 5.41) is 0.419. The summed E-state index contributed by atoms with van der Waals surface area (Å²) in [5.41, 5.74) is 7.03. The summed E-state index contributed by atoms with van der Waals surface area (Å²) >= 11 is 6.02. The molecule has 0 amide bonds. The van der Waals surface area contributed by atoms with Crippen molar-refractivity contribution in [2.75, 3.05) is 18.9 Å². The van der Waals surface area contributed by atoms with E-state index >= 15 is 0 Å². The minimum atomic E-state index is 0.294. The number of nitrogens with zero attached hydrogens (tertiary/aromatic N) is 1. The molecule has 2 aromatic rings. The molecule has 0 radical (unpaired) electrons. The first-order chi connectivity index (χ1) is 8.74. The average Bonchev–Trinajstić information content (AvgIpc) is 2.58. The highest BCUT2D eigenvalue weighted by molar-refractivity contribution is 6.32. The van der Waals surface area contributed by atoms with Gasteiger partial charge >= 0.3 is 0 Å². The second-order valence-corrected chi connectivity index (χ2v) is 4.37. The minimum Gasteiger partial charge on any atom is -0.490 e. The van der Waals surface area contributed by atoms with Gasteiger partial charge in [0.1, 0.15) is 10.8 Å². The fourth-order valence-electron chi connectivity index (χ4n) is 1.87. The molecule has 1 aromatic carbocycles. The maximum atomic E-state index is 6.02. The second kappa shape index (κ2) is 4.42. The van der Waals surface area contributed by atoms with E-state index in [1.165, 1.54) is 0 Å². The summed E-state index contributed by atoms with van der Waals surface area (Å²) in [6.07, 6.45) is 0.875. The van der Waals surface area contributed by atoms with E-state index < -0.39 is 0 Å². The summed E-state index contributed by atoms with van der Waals surface area (Å²) < 4.78 is 11.2. The molecule has 3 N–H and O–H groups in total. The molecule has 1 aliphatic rings. The molecule has 1 aromatic heterocycles. The summed E-state index contributed by atoms with van der Waals surface area (Å²) in [7, 11) is 0. The van der Waals surface area contributed by atoms with Crippen LogP contribution in [0, 0.1) is 0 Å². The Morgan fingerprint density at radius 3 is 2.72 bits per heavy atom. The van der Waals surface area contributed by atoms with Crippen LogP contribution in [0.1, 0.15) is 6.42 Å². The highest BCUT2D eigenvalue weighted by Gasteiger charge is 2.14. The monoisotopic (exact) mass is 265 g/mol. The quantitative estimate of drug-likeness (QED) is 0.831. The molecule has 0 saturated heterocycles. The van der Waals surface area contributed by atoms with Gasteiger partial charge in [0, 0.05) is 12.0 Å². The SMILES string of the molecule is Nc1nc(-c2ccc3c(c2)OCCCO3)c(Cl)[nH]1. The number of aromatic amines is 1. The van der Waals surface area contributed by atoms with Crippen molar-refractivity contribution in [1.29, 1.82) is 0 Å². The number of rotatable bonds is 1. The number of hydrogen-bond donors (Lipinski definition) is 2. The van der Waals surface area contributed by atoms with Crippen molar-refractivity contribution < 1.29 is 9.47 Å². The molecule has 94 valence electrons. The van der Waals surface area contributed by atoms with Crippen molar-refractivity contribution in [3.8, 4) is 22.8 Å². The molecule has 0 atom stereocenters. The van der Waals surface area contributed by atoms with Crippen molar-refractivity contribution in [2.45, 2.75) is 6.42 Å². The number of fused-ring (bicyclic) bond motifs is 1. The van der Waals surface area contributed by atoms with Gasteiger partial charge in [-0.15, -0.1) is 0 Å². The van der Waals surface area contributed by atoms with Crippen LogP contribution in [-0.4, -0.2) is 23.2 Å². The predicted molar refractivity (Wildman–Crippen MR) is 69.1 cm³/mol. The van der Waals surface area contributed by atoms with Gasteiger partial charge in [-0.2, -0.15) is 0 Å². The number of anilines is 1. The van der Waals surface area contributed by atoms with Crippen LogP contribution in [0.25, 0.3) is 11.3 Å². The normalized spacial score (nSPS) is 14.3. The zero-order valence-electron chi connectivity index (χ0n) is 9.57. The van der Waals surface area contributed by atoms with E-state index in [1.807, 2.05) is 18.2 Å². The molecular weight excluding hydrogens is 254 g/mol. The van der Waals surface area contributed by atoms with Gasteiger partial charge in [-0.1, -0.05) is 11.6 Å². The standard InChI is InChI=1S/C12H12ClN3O2/c13-11-10(15-12(14)16-11)7-2-3-8-9(6-7)18-5-1-4-17-8/h2-3,6H,1,4-5H2,(H3,14,15,16). The fraction of sp³-hybridized carbons (Fsp3) is 0.250. The molecular formula is C12H12ClN3O2. The number of halogens is 1. The highest BCUT2D eigenvalue weighted by atomic mass is 35.5. The van der Waals surface area contributed by atoms with Crippen molar-refractivity contribution in [1.82, 2.24) is 9.97 Å². The van der Waals surface area contributed by atoms with Crippen LogP contribution in [0.5, 0.6) is 11.5 Å². The number of nitrogens with two attached hydrogens (primary N) is 1. The molecule has 0 saturated carbocycles. The van der Waals surface area contributed by atoms with Crippen molar-refractivity contribution >= 4 is 17.5 Å². The number of imidazole rings is 1. The van der Waals surface area contributed by atoms with Crippen LogP contribution in [0.15, 0.2) is 18.2 Å². The Labute approximate surface area is 109 Å². The lowest BCUT2D eigenvalue weighted by Gasteiger charge is -2.08. The Bertz CT molecular complexity index is 583. The van der Waals surface area contributed by atoms with Gasteiger partial charge in [-0.05, 0) is 18.2 Å². The van der Waals surface area contributed by atoms with E-state index in [0.29, 0.717) is 35.8 Å². The first-order valence-corrected chi connectivity index (χ1v) is 6.03. The lowest BCUT2D eigenvalue weighted by atomic mass is 10.1. The van der Waals surface area contributed by atoms with Gasteiger partial charge in [-0.25, -0.2) is 4.98 Å². The van der Waals surface area contributed by atoms with Gasteiger partial charge in [0.25, 0.3) is 0 Å². The van der Waals surface area contributed by atoms with E-state index in [-0.39, 0.29) is 0 Å². The number of benzene rings is 1. The van der Waals surface area contributed by atoms with Crippen LogP contribution in [-0.2, 0) is 0 Å². The van der Waals surface area contributed by atoms with E-state index in [4.69, 9.17) is 26.8 Å². The molecule has 6 heteroatoms. The molecule has 18 heavy (non-hydrogen) atoms. The van der Waals surface area contributed by atoms with Crippen LogP contribution in [0.3, 0.4) is 0 Å². The summed E-state index contributed by atoms with van der Waals surface area (Å²) in [6, 6.07) is 5.61. The topological polar surface area (TPSA) is 73.2 Å². The molecule has 0 aliphatic carbocycles. The first-order valence-electron chi connectivity index (χ1n) is 5.65. The van der Waals surface area contributed by atoms with Gasteiger partial charge in [0.05, 0.1) is 13.2 Å². The predicted octanol–water partition coefficient (Wildman–Crippen LogP) is 2.47. The van der Waals surface area contributed by atoms with Gasteiger partial charge in [-0.3, -0.25) is 0 Å². The highest BCUT2D eigenvalue weighted by Crippen LogP contribution is 2.35. The summed E-state index contributed by atoms with van der Waals surface area (Å²) in [6.45, 7) is 1.31. The molecule has 0 unspecified atom stereocenters. The van der Waals surface area contributed by atoms with Crippen LogP contribution in [0.2, 0.25) is 5.15 Å². The number of ether oxygens (including phenoxy) is 2. The molecule has 5 nitrogen and oxygen atoms in total. The molecule has 0 spiro atoms. The molecule has 3 rings (SSSR count). The van der Waals surface area contributed by atoms with Gasteiger partial charge < -0.3 is 20.2 Å². The number of H-pyrrole nitrogens is 1. The van der Waals surface area contributed by atoms with Crippen LogP contribution < -0.4 is 15.2 Å². The van der Waals surface area contributed by atoms with Crippen molar-refractivity contribution in [3.05, 3.63) is 23.4 Å². The number of aromatic nitrogens is 2. The lowest BCUT2D eigenvalue weighted by Crippen LogP contribution is -1.97. The largest absolute Gasteiger partial charge is 0.490 e. The second-order valence-electron chi connectivity index (χ2n) is 4.00. The van der Waals surface area contributed by atoms with Gasteiger partial charge in [0.2, 0.25) is 0 Å². The number of nitrogen functional groups attached to an aromatic ring is 1. The lowest BCUT2D eigenvalue weighted by molar-refractivity contribution is 0.297. The Kier molecular flexibility index (Phi) is 2.76. The van der Waals surface area contributed by atoms with Crippen molar-refractivity contribution in [3.63, 3.8) is 0 Å². The minimum absolute atomic E-state index is 0.294. The summed E-state index contributed by atoms with van der Waals surface area (Å²) in [5.74, 6) is 1.75. The summed E-state index contributed by atoms with van der Waals surface area (Å²) in [4.78, 5) is 6.91. The third-order valence-electron chi connectivity index (χ3n) is 2.70. The Morgan fingerprint density at radius 2 is 2.00 bits per heavy atom. The number of nitrogens with one attached hydrogen (secondary N) is 1. The van der Waals surface area contributed by atoms with E-state index in [0.717, 1.165) is 17.7 Å². The fourth-order valence-corrected chi connectivity index (χ4v) is 2.12. The Hall–Kier alpha value is -1.88. The zero-order chi connectivity index (χ0) is 12.5. The smallest absolute Gasteiger partial charge is 0.199 e. The van der Waals surface area contributed by atoms with Crippen molar-refractivity contribution in [2.24, 2.45) is 0 Å². The Balaban J connectivity index is 2.04.